The summed E-state index contributed by atoms with van der Waals surface area (Å²) in [7, 11) is -3.35. The Balaban J connectivity index is 1.50. The lowest BCUT2D eigenvalue weighted by Gasteiger charge is -2.41. The van der Waals surface area contributed by atoms with Crippen molar-refractivity contribution < 1.29 is 13.2 Å². The molecule has 0 aromatic heterocycles. The second-order valence-corrected chi connectivity index (χ2v) is 12.9. The molecule has 3 aliphatic rings. The molecular weight excluding hydrogens is 386 g/mol. The van der Waals surface area contributed by atoms with Gasteiger partial charge in [0.15, 0.2) is 0 Å². The lowest BCUT2D eigenvalue weighted by atomic mass is 9.71. The van der Waals surface area contributed by atoms with Crippen LogP contribution in [-0.2, 0) is 10.0 Å². The van der Waals surface area contributed by atoms with Crippen molar-refractivity contribution in [3.8, 4) is 0 Å². The van der Waals surface area contributed by atoms with E-state index in [9.17, 15) is 13.2 Å². The molecule has 2 aliphatic carbocycles. The molecule has 1 saturated heterocycles. The molecule has 1 aliphatic heterocycles. The number of likely N-dealkylation sites (tertiary alicyclic amines) is 1. The maximum absolute atomic E-state index is 12.9. The molecule has 0 radical (unpaired) electrons. The van der Waals surface area contributed by atoms with Crippen molar-refractivity contribution in [2.24, 2.45) is 11.8 Å². The lowest BCUT2D eigenvalue weighted by Crippen LogP contribution is -2.54. The van der Waals surface area contributed by atoms with Crippen molar-refractivity contribution >= 4 is 16.1 Å². The third kappa shape index (κ3) is 5.87. The zero-order chi connectivity index (χ0) is 21.1. The predicted molar refractivity (Wildman–Crippen MR) is 117 cm³/mol. The molecule has 2 saturated carbocycles. The molecule has 0 aromatic rings. The number of sulfonamides is 1. The van der Waals surface area contributed by atoms with Crippen molar-refractivity contribution in [2.75, 3.05) is 13.1 Å². The van der Waals surface area contributed by atoms with Gasteiger partial charge >= 0.3 is 6.03 Å². The van der Waals surface area contributed by atoms with Gasteiger partial charge in [-0.15, -0.1) is 0 Å². The Morgan fingerprint density at radius 3 is 2.07 bits per heavy atom. The van der Waals surface area contributed by atoms with E-state index in [4.69, 9.17) is 0 Å². The molecule has 1 heterocycles. The maximum Gasteiger partial charge on any atom is 0.317 e. The number of nitrogens with zero attached hydrogens (tertiary/aromatic N) is 1. The van der Waals surface area contributed by atoms with Crippen LogP contribution in [-0.4, -0.2) is 49.3 Å². The Hall–Kier alpha value is -0.820. The second kappa shape index (κ2) is 9.54. The van der Waals surface area contributed by atoms with Gasteiger partial charge in [-0.3, -0.25) is 0 Å². The molecular formula is C22H41N3O3S. The normalized spacial score (nSPS) is 28.3. The van der Waals surface area contributed by atoms with Gasteiger partial charge in [-0.05, 0) is 58.3 Å². The molecule has 168 valence electrons. The van der Waals surface area contributed by atoms with E-state index in [1.54, 1.807) is 20.8 Å². The van der Waals surface area contributed by atoms with Crippen LogP contribution in [0.5, 0.6) is 0 Å². The summed E-state index contributed by atoms with van der Waals surface area (Å²) in [4.78, 5) is 14.8. The minimum atomic E-state index is -3.35. The standard InChI is InChI=1S/C22H41N3O3S/c1-22(2,3)29(27,28)24-18-13-15-25(16-14-18)21(26)23-20-12-8-7-11-19(20)17-9-5-4-6-10-17/h17-20,24H,4-16H2,1-3H3,(H,23,26). The highest BCUT2D eigenvalue weighted by Gasteiger charge is 2.36. The summed E-state index contributed by atoms with van der Waals surface area (Å²) < 4.78 is 26.8. The number of urea groups is 1. The van der Waals surface area contributed by atoms with Crippen molar-refractivity contribution in [3.63, 3.8) is 0 Å². The number of carbonyl (C=O) groups excluding carboxylic acids is 1. The maximum atomic E-state index is 12.9. The predicted octanol–water partition coefficient (Wildman–Crippen LogP) is 4.02. The molecule has 3 rings (SSSR count). The molecule has 2 N–H and O–H groups in total. The Labute approximate surface area is 177 Å². The van der Waals surface area contributed by atoms with E-state index >= 15 is 0 Å². The molecule has 0 bridgehead atoms. The highest BCUT2D eigenvalue weighted by atomic mass is 32.2. The monoisotopic (exact) mass is 427 g/mol. The lowest BCUT2D eigenvalue weighted by molar-refractivity contribution is 0.134. The van der Waals surface area contributed by atoms with Crippen LogP contribution in [0.25, 0.3) is 0 Å². The smallest absolute Gasteiger partial charge is 0.317 e. The van der Waals surface area contributed by atoms with Crippen LogP contribution in [0.3, 0.4) is 0 Å². The Morgan fingerprint density at radius 2 is 1.45 bits per heavy atom. The highest BCUT2D eigenvalue weighted by Crippen LogP contribution is 2.38. The summed E-state index contributed by atoms with van der Waals surface area (Å²) in [6, 6.07) is 0.291. The van der Waals surface area contributed by atoms with Crippen LogP contribution < -0.4 is 10.0 Å². The van der Waals surface area contributed by atoms with E-state index in [1.807, 2.05) is 4.90 Å². The highest BCUT2D eigenvalue weighted by molar-refractivity contribution is 7.90. The van der Waals surface area contributed by atoms with Gasteiger partial charge in [-0.25, -0.2) is 17.9 Å². The molecule has 2 unspecified atom stereocenters. The third-order valence-electron chi connectivity index (χ3n) is 7.29. The van der Waals surface area contributed by atoms with E-state index in [-0.39, 0.29) is 12.1 Å². The van der Waals surface area contributed by atoms with Crippen LogP contribution in [0.2, 0.25) is 0 Å². The molecule has 0 aromatic carbocycles. The number of amides is 2. The molecule has 7 heteroatoms. The quantitative estimate of drug-likeness (QED) is 0.711. The summed E-state index contributed by atoms with van der Waals surface area (Å²) in [5.41, 5.74) is 0. The van der Waals surface area contributed by atoms with Crippen molar-refractivity contribution in [1.82, 2.24) is 14.9 Å². The fraction of sp³-hybridized carbons (Fsp3) is 0.955. The molecule has 2 amide bonds. The molecule has 3 fully saturated rings. The topological polar surface area (TPSA) is 78.5 Å². The average molecular weight is 428 g/mol. The van der Waals surface area contributed by atoms with E-state index in [2.05, 4.69) is 10.0 Å². The molecule has 29 heavy (non-hydrogen) atoms. The third-order valence-corrected chi connectivity index (χ3v) is 9.55. The summed E-state index contributed by atoms with van der Waals surface area (Å²) in [5.74, 6) is 1.43. The number of carbonyl (C=O) groups is 1. The van der Waals surface area contributed by atoms with E-state index < -0.39 is 14.8 Å². The molecule has 2 atom stereocenters. The van der Waals surface area contributed by atoms with Crippen LogP contribution in [0.15, 0.2) is 0 Å². The number of rotatable bonds is 4. The summed E-state index contributed by atoms with van der Waals surface area (Å²) >= 11 is 0. The van der Waals surface area contributed by atoms with Gasteiger partial charge in [0.25, 0.3) is 0 Å². The van der Waals surface area contributed by atoms with E-state index in [1.165, 1.54) is 51.4 Å². The van der Waals surface area contributed by atoms with Gasteiger partial charge in [0.2, 0.25) is 10.0 Å². The van der Waals surface area contributed by atoms with Gasteiger partial charge in [0.05, 0.1) is 4.75 Å². The van der Waals surface area contributed by atoms with Gasteiger partial charge in [0, 0.05) is 25.2 Å². The number of nitrogens with one attached hydrogen (secondary N) is 2. The average Bonchev–Trinajstić information content (AvgIpc) is 2.68. The second-order valence-electron chi connectivity index (χ2n) is 10.4. The van der Waals surface area contributed by atoms with Crippen molar-refractivity contribution in [2.45, 2.75) is 108 Å². The number of piperidine rings is 1. The summed E-state index contributed by atoms with van der Waals surface area (Å²) in [5, 5.41) is 3.37. The van der Waals surface area contributed by atoms with Gasteiger partial charge < -0.3 is 10.2 Å². The van der Waals surface area contributed by atoms with E-state index in [0.717, 1.165) is 12.3 Å². The van der Waals surface area contributed by atoms with Gasteiger partial charge in [0.1, 0.15) is 0 Å². The van der Waals surface area contributed by atoms with E-state index in [0.29, 0.717) is 37.9 Å². The van der Waals surface area contributed by atoms with Crippen molar-refractivity contribution in [1.29, 1.82) is 0 Å². The van der Waals surface area contributed by atoms with Crippen molar-refractivity contribution in [3.05, 3.63) is 0 Å². The first-order valence-electron chi connectivity index (χ1n) is 11.7. The minimum Gasteiger partial charge on any atom is -0.335 e. The number of hydrogen-bond acceptors (Lipinski definition) is 3. The van der Waals surface area contributed by atoms with Crippen LogP contribution >= 0.6 is 0 Å². The molecule has 0 spiro atoms. The van der Waals surface area contributed by atoms with Crippen LogP contribution in [0, 0.1) is 11.8 Å². The zero-order valence-electron chi connectivity index (χ0n) is 18.6. The SMILES string of the molecule is CC(C)(C)S(=O)(=O)NC1CCN(C(=O)NC2CCCCC2C2CCCCC2)CC1. The molecule has 6 nitrogen and oxygen atoms in total. The Morgan fingerprint density at radius 1 is 0.862 bits per heavy atom. The largest absolute Gasteiger partial charge is 0.335 e. The van der Waals surface area contributed by atoms with Gasteiger partial charge in [-0.2, -0.15) is 0 Å². The zero-order valence-corrected chi connectivity index (χ0v) is 19.4. The first-order chi connectivity index (χ1) is 13.7. The first-order valence-corrected chi connectivity index (χ1v) is 13.2. The summed E-state index contributed by atoms with van der Waals surface area (Å²) in [6.45, 7) is 6.37. The Kier molecular flexibility index (Phi) is 7.52. The van der Waals surface area contributed by atoms with Crippen LogP contribution in [0.1, 0.15) is 91.4 Å². The first kappa shape index (κ1) is 22.9. The fourth-order valence-corrected chi connectivity index (χ4v) is 6.34. The Bertz CT molecular complexity index is 645. The number of hydrogen-bond donors (Lipinski definition) is 2. The minimum absolute atomic E-state index is 0.0508. The van der Waals surface area contributed by atoms with Crippen LogP contribution in [0.4, 0.5) is 4.79 Å². The summed E-state index contributed by atoms with van der Waals surface area (Å²) in [6.07, 6.45) is 13.0. The fourth-order valence-electron chi connectivity index (χ4n) is 5.31. The van der Waals surface area contributed by atoms with Gasteiger partial charge in [-0.1, -0.05) is 44.9 Å².